The molecule has 0 saturated carbocycles. The molecule has 1 N–H and O–H groups in total. The Morgan fingerprint density at radius 2 is 2.00 bits per heavy atom. The van der Waals surface area contributed by atoms with Crippen LogP contribution < -0.4 is 5.32 Å². The van der Waals surface area contributed by atoms with E-state index in [1.807, 2.05) is 53.4 Å². The van der Waals surface area contributed by atoms with Crippen molar-refractivity contribution in [1.82, 2.24) is 14.3 Å². The summed E-state index contributed by atoms with van der Waals surface area (Å²) < 4.78 is 3.59. The Hall–Kier alpha value is -2.82. The Kier molecular flexibility index (Phi) is 3.09. The Morgan fingerprint density at radius 1 is 1.20 bits per heavy atom. The number of carbonyl (C=O) groups is 1. The lowest BCUT2D eigenvalue weighted by Crippen LogP contribution is -2.11. The van der Waals surface area contributed by atoms with E-state index in [-0.39, 0.29) is 5.91 Å². The molecule has 3 rings (SSSR count). The van der Waals surface area contributed by atoms with E-state index in [2.05, 4.69) is 10.4 Å². The molecule has 20 heavy (non-hydrogen) atoms. The van der Waals surface area contributed by atoms with Gasteiger partial charge in [-0.3, -0.25) is 9.48 Å². The summed E-state index contributed by atoms with van der Waals surface area (Å²) in [6.45, 7) is 0. The first kappa shape index (κ1) is 12.2. The molecule has 0 bridgehead atoms. The highest BCUT2D eigenvalue weighted by Gasteiger charge is 2.08. The molecule has 0 unspecified atom stereocenters. The van der Waals surface area contributed by atoms with E-state index < -0.39 is 0 Å². The van der Waals surface area contributed by atoms with E-state index >= 15 is 0 Å². The highest BCUT2D eigenvalue weighted by atomic mass is 16.1. The molecular weight excluding hydrogens is 252 g/mol. The lowest BCUT2D eigenvalue weighted by Gasteiger charge is -2.07. The summed E-state index contributed by atoms with van der Waals surface area (Å²) in [6.07, 6.45) is 7.15. The number of nitrogens with one attached hydrogen (secondary N) is 1. The molecule has 5 nitrogen and oxygen atoms in total. The van der Waals surface area contributed by atoms with Crippen molar-refractivity contribution in [2.45, 2.75) is 0 Å². The fourth-order valence-corrected chi connectivity index (χ4v) is 1.99. The molecule has 0 radical (unpaired) electrons. The molecule has 0 spiro atoms. The molecule has 100 valence electrons. The Bertz CT molecular complexity index is 728. The fraction of sp³-hybridized carbons (Fsp3) is 0.0667. The molecule has 5 heteroatoms. The van der Waals surface area contributed by atoms with Crippen LogP contribution in [0, 0.1) is 0 Å². The van der Waals surface area contributed by atoms with Crippen LogP contribution in [0.5, 0.6) is 0 Å². The van der Waals surface area contributed by atoms with Crippen molar-refractivity contribution in [2.24, 2.45) is 7.05 Å². The Morgan fingerprint density at radius 3 is 2.70 bits per heavy atom. The van der Waals surface area contributed by atoms with E-state index in [9.17, 15) is 4.79 Å². The van der Waals surface area contributed by atoms with Gasteiger partial charge in [0.15, 0.2) is 0 Å². The zero-order valence-electron chi connectivity index (χ0n) is 11.0. The van der Waals surface area contributed by atoms with Crippen LogP contribution in [0.2, 0.25) is 0 Å². The van der Waals surface area contributed by atoms with E-state index in [4.69, 9.17) is 0 Å². The first-order valence-corrected chi connectivity index (χ1v) is 6.26. The van der Waals surface area contributed by atoms with Gasteiger partial charge in [-0.1, -0.05) is 6.07 Å². The van der Waals surface area contributed by atoms with Gasteiger partial charge in [-0.2, -0.15) is 5.10 Å². The SMILES string of the molecule is Cn1cc(C(=O)Nc2cccc(-n3cccc3)c2)cn1. The lowest BCUT2D eigenvalue weighted by atomic mass is 10.2. The summed E-state index contributed by atoms with van der Waals surface area (Å²) in [6, 6.07) is 11.6. The number of aryl methyl sites for hydroxylation is 1. The first-order chi connectivity index (χ1) is 9.72. The molecular formula is C15H14N4O. The van der Waals surface area contributed by atoms with Crippen molar-refractivity contribution in [3.8, 4) is 5.69 Å². The van der Waals surface area contributed by atoms with Crippen molar-refractivity contribution >= 4 is 11.6 Å². The van der Waals surface area contributed by atoms with Crippen molar-refractivity contribution in [2.75, 3.05) is 5.32 Å². The second kappa shape index (κ2) is 5.05. The van der Waals surface area contributed by atoms with Gasteiger partial charge >= 0.3 is 0 Å². The van der Waals surface area contributed by atoms with Gasteiger partial charge in [0.05, 0.1) is 11.8 Å². The normalized spacial score (nSPS) is 10.4. The third-order valence-electron chi connectivity index (χ3n) is 2.97. The van der Waals surface area contributed by atoms with Gasteiger partial charge in [0.1, 0.15) is 0 Å². The van der Waals surface area contributed by atoms with Crippen molar-refractivity contribution in [3.63, 3.8) is 0 Å². The third kappa shape index (κ3) is 2.47. The number of rotatable bonds is 3. The number of nitrogens with zero attached hydrogens (tertiary/aromatic N) is 3. The quantitative estimate of drug-likeness (QED) is 0.791. The highest BCUT2D eigenvalue weighted by molar-refractivity contribution is 6.04. The van der Waals surface area contributed by atoms with Crippen LogP contribution in [0.25, 0.3) is 5.69 Å². The molecule has 2 heterocycles. The van der Waals surface area contributed by atoms with Crippen molar-refractivity contribution in [3.05, 3.63) is 66.7 Å². The van der Waals surface area contributed by atoms with E-state index in [1.165, 1.54) is 0 Å². The third-order valence-corrected chi connectivity index (χ3v) is 2.97. The molecule has 0 saturated heterocycles. The number of aromatic nitrogens is 3. The number of carbonyl (C=O) groups excluding carboxylic acids is 1. The maximum absolute atomic E-state index is 12.1. The number of hydrogen-bond donors (Lipinski definition) is 1. The molecule has 0 aliphatic rings. The standard InChI is InChI=1S/C15H14N4O/c1-18-11-12(10-16-18)15(20)17-13-5-4-6-14(9-13)19-7-2-3-8-19/h2-11H,1H3,(H,17,20). The average Bonchev–Trinajstić information content (AvgIpc) is 3.10. The molecule has 1 amide bonds. The first-order valence-electron chi connectivity index (χ1n) is 6.26. The smallest absolute Gasteiger partial charge is 0.258 e. The number of anilines is 1. The second-order valence-corrected chi connectivity index (χ2v) is 4.50. The van der Waals surface area contributed by atoms with Gasteiger partial charge in [-0.15, -0.1) is 0 Å². The number of amides is 1. The van der Waals surface area contributed by atoms with E-state index in [0.717, 1.165) is 11.4 Å². The minimum absolute atomic E-state index is 0.164. The van der Waals surface area contributed by atoms with Gasteiger partial charge in [0.2, 0.25) is 0 Å². The van der Waals surface area contributed by atoms with Gasteiger partial charge in [0.25, 0.3) is 5.91 Å². The zero-order valence-corrected chi connectivity index (χ0v) is 11.0. The maximum atomic E-state index is 12.1. The largest absolute Gasteiger partial charge is 0.324 e. The molecule has 1 aromatic carbocycles. The molecule has 0 atom stereocenters. The van der Waals surface area contributed by atoms with Crippen molar-refractivity contribution < 1.29 is 4.79 Å². The molecule has 0 aliphatic carbocycles. The van der Waals surface area contributed by atoms with Gasteiger partial charge < -0.3 is 9.88 Å². The fourth-order valence-electron chi connectivity index (χ4n) is 1.99. The minimum atomic E-state index is -0.164. The van der Waals surface area contributed by atoms with Crippen molar-refractivity contribution in [1.29, 1.82) is 0 Å². The molecule has 3 aromatic rings. The van der Waals surface area contributed by atoms with Crippen LogP contribution in [0.1, 0.15) is 10.4 Å². The summed E-state index contributed by atoms with van der Waals surface area (Å²) in [5, 5.41) is 6.86. The minimum Gasteiger partial charge on any atom is -0.324 e. The average molecular weight is 266 g/mol. The number of benzene rings is 1. The summed E-state index contributed by atoms with van der Waals surface area (Å²) in [5.74, 6) is -0.164. The second-order valence-electron chi connectivity index (χ2n) is 4.50. The van der Waals surface area contributed by atoms with Crippen LogP contribution in [-0.2, 0) is 7.05 Å². The van der Waals surface area contributed by atoms with Crippen LogP contribution in [0.3, 0.4) is 0 Å². The molecule has 2 aromatic heterocycles. The van der Waals surface area contributed by atoms with Crippen LogP contribution in [-0.4, -0.2) is 20.3 Å². The van der Waals surface area contributed by atoms with Gasteiger partial charge in [-0.05, 0) is 30.3 Å². The summed E-state index contributed by atoms with van der Waals surface area (Å²) >= 11 is 0. The Balaban J connectivity index is 1.81. The predicted octanol–water partition coefficient (Wildman–Crippen LogP) is 2.46. The maximum Gasteiger partial charge on any atom is 0.258 e. The summed E-state index contributed by atoms with van der Waals surface area (Å²) in [7, 11) is 1.78. The van der Waals surface area contributed by atoms with Crippen LogP contribution in [0.4, 0.5) is 5.69 Å². The summed E-state index contributed by atoms with van der Waals surface area (Å²) in [4.78, 5) is 12.1. The Labute approximate surface area is 116 Å². The molecule has 0 aliphatic heterocycles. The van der Waals surface area contributed by atoms with E-state index in [1.54, 1.807) is 24.1 Å². The van der Waals surface area contributed by atoms with E-state index in [0.29, 0.717) is 5.56 Å². The highest BCUT2D eigenvalue weighted by Crippen LogP contribution is 2.15. The van der Waals surface area contributed by atoms with Gasteiger partial charge in [0, 0.05) is 37.0 Å². The van der Waals surface area contributed by atoms with Crippen LogP contribution in [0.15, 0.2) is 61.2 Å². The zero-order chi connectivity index (χ0) is 13.9. The monoisotopic (exact) mass is 266 g/mol. The molecule has 0 fully saturated rings. The topological polar surface area (TPSA) is 51.9 Å². The predicted molar refractivity (Wildman–Crippen MR) is 76.9 cm³/mol. The lowest BCUT2D eigenvalue weighted by molar-refractivity contribution is 0.102. The number of hydrogen-bond acceptors (Lipinski definition) is 2. The van der Waals surface area contributed by atoms with Crippen LogP contribution >= 0.6 is 0 Å². The summed E-state index contributed by atoms with van der Waals surface area (Å²) in [5.41, 5.74) is 2.29. The van der Waals surface area contributed by atoms with Gasteiger partial charge in [-0.25, -0.2) is 0 Å².